The second-order valence-electron chi connectivity index (χ2n) is 4.48. The summed E-state index contributed by atoms with van der Waals surface area (Å²) in [5.74, 6) is -0.283. The van der Waals surface area contributed by atoms with Crippen molar-refractivity contribution >= 4 is 5.97 Å². The van der Waals surface area contributed by atoms with Gasteiger partial charge in [-0.2, -0.15) is 0 Å². The lowest BCUT2D eigenvalue weighted by molar-refractivity contribution is 0.0522. The molecule has 3 nitrogen and oxygen atoms in total. The van der Waals surface area contributed by atoms with Crippen LogP contribution in [0.1, 0.15) is 46.8 Å². The van der Waals surface area contributed by atoms with Crippen molar-refractivity contribution in [2.45, 2.75) is 39.5 Å². The second-order valence-corrected chi connectivity index (χ2v) is 4.48. The van der Waals surface area contributed by atoms with E-state index < -0.39 is 5.97 Å². The number of fused-ring (bicyclic) bond motifs is 1. The standard InChI is InChI=1S/C14H18O3/c1-3-17-14(16)12-9(2)8-10-6-4-5-7-11(10)13(12)15/h8,15H,3-7H2,1-2H3. The van der Waals surface area contributed by atoms with Gasteiger partial charge in [-0.15, -0.1) is 0 Å². The minimum absolute atomic E-state index is 0.137. The lowest BCUT2D eigenvalue weighted by atomic mass is 9.87. The average Bonchev–Trinajstić information content (AvgIpc) is 2.29. The molecule has 92 valence electrons. The Labute approximate surface area is 101 Å². The number of aryl methyl sites for hydroxylation is 2. The van der Waals surface area contributed by atoms with Crippen LogP contribution in [0.2, 0.25) is 0 Å². The van der Waals surface area contributed by atoms with Gasteiger partial charge in [-0.05, 0) is 56.2 Å². The summed E-state index contributed by atoms with van der Waals surface area (Å²) in [6.45, 7) is 3.94. The molecule has 1 aliphatic rings. The fourth-order valence-corrected chi connectivity index (χ4v) is 2.49. The van der Waals surface area contributed by atoms with Gasteiger partial charge in [0, 0.05) is 0 Å². The Morgan fingerprint density at radius 3 is 2.82 bits per heavy atom. The Morgan fingerprint density at radius 2 is 2.12 bits per heavy atom. The molecular weight excluding hydrogens is 216 g/mol. The van der Waals surface area contributed by atoms with Crippen molar-refractivity contribution in [3.8, 4) is 5.75 Å². The van der Waals surface area contributed by atoms with Crippen LogP contribution in [0, 0.1) is 6.92 Å². The summed E-state index contributed by atoms with van der Waals surface area (Å²) in [7, 11) is 0. The number of phenols is 1. The molecule has 0 unspecified atom stereocenters. The minimum Gasteiger partial charge on any atom is -0.507 e. The molecule has 1 aromatic rings. The normalized spacial score (nSPS) is 14.2. The maximum Gasteiger partial charge on any atom is 0.342 e. The molecule has 3 heteroatoms. The molecule has 1 aliphatic carbocycles. The molecule has 0 aromatic heterocycles. The van der Waals surface area contributed by atoms with E-state index in [4.69, 9.17) is 4.74 Å². The first-order chi connectivity index (χ1) is 8.15. The Hall–Kier alpha value is -1.51. The third-order valence-electron chi connectivity index (χ3n) is 3.30. The van der Waals surface area contributed by atoms with E-state index in [0.29, 0.717) is 12.2 Å². The highest BCUT2D eigenvalue weighted by Gasteiger charge is 2.22. The maximum absolute atomic E-state index is 11.8. The van der Waals surface area contributed by atoms with Gasteiger partial charge in [0.15, 0.2) is 0 Å². The first-order valence-corrected chi connectivity index (χ1v) is 6.16. The van der Waals surface area contributed by atoms with Gasteiger partial charge in [0.1, 0.15) is 11.3 Å². The van der Waals surface area contributed by atoms with Gasteiger partial charge in [0.2, 0.25) is 0 Å². The zero-order valence-corrected chi connectivity index (χ0v) is 10.4. The zero-order valence-electron chi connectivity index (χ0n) is 10.4. The van der Waals surface area contributed by atoms with Crippen LogP contribution in [0.3, 0.4) is 0 Å². The van der Waals surface area contributed by atoms with Gasteiger partial charge in [-0.1, -0.05) is 6.07 Å². The second kappa shape index (κ2) is 4.78. The number of hydrogen-bond donors (Lipinski definition) is 1. The first-order valence-electron chi connectivity index (χ1n) is 6.16. The molecule has 0 amide bonds. The number of esters is 1. The van der Waals surface area contributed by atoms with E-state index in [9.17, 15) is 9.90 Å². The minimum atomic E-state index is -0.420. The van der Waals surface area contributed by atoms with E-state index in [1.54, 1.807) is 6.92 Å². The van der Waals surface area contributed by atoms with Crippen molar-refractivity contribution in [1.82, 2.24) is 0 Å². The van der Waals surface area contributed by atoms with Crippen LogP contribution in [-0.2, 0) is 17.6 Å². The number of benzene rings is 1. The zero-order chi connectivity index (χ0) is 12.4. The highest BCUT2D eigenvalue weighted by molar-refractivity contribution is 5.94. The number of hydrogen-bond acceptors (Lipinski definition) is 3. The number of aromatic hydroxyl groups is 1. The van der Waals surface area contributed by atoms with E-state index in [0.717, 1.165) is 36.8 Å². The fraction of sp³-hybridized carbons (Fsp3) is 0.500. The highest BCUT2D eigenvalue weighted by atomic mass is 16.5. The molecule has 2 rings (SSSR count). The van der Waals surface area contributed by atoms with Crippen molar-refractivity contribution in [2.24, 2.45) is 0 Å². The van der Waals surface area contributed by atoms with Crippen LogP contribution in [0.15, 0.2) is 6.07 Å². The Bertz CT molecular complexity index is 449. The van der Waals surface area contributed by atoms with Gasteiger partial charge >= 0.3 is 5.97 Å². The van der Waals surface area contributed by atoms with Crippen LogP contribution in [0.5, 0.6) is 5.75 Å². The van der Waals surface area contributed by atoms with E-state index in [1.165, 1.54) is 5.56 Å². The third-order valence-corrected chi connectivity index (χ3v) is 3.30. The lowest BCUT2D eigenvalue weighted by Gasteiger charge is -2.20. The number of carbonyl (C=O) groups excluding carboxylic acids is 1. The predicted octanol–water partition coefficient (Wildman–Crippen LogP) is 2.76. The van der Waals surface area contributed by atoms with Crippen LogP contribution in [0.4, 0.5) is 0 Å². The SMILES string of the molecule is CCOC(=O)c1c(C)cc2c(c1O)CCCC2. The number of ether oxygens (including phenoxy) is 1. The molecular formula is C14H18O3. The summed E-state index contributed by atoms with van der Waals surface area (Å²) in [6.07, 6.45) is 4.08. The summed E-state index contributed by atoms with van der Waals surface area (Å²) in [5.41, 5.74) is 3.26. The number of rotatable bonds is 2. The Morgan fingerprint density at radius 1 is 1.41 bits per heavy atom. The molecule has 0 spiro atoms. The van der Waals surface area contributed by atoms with Gasteiger partial charge in [-0.25, -0.2) is 4.79 Å². The first kappa shape index (κ1) is 12.0. The molecule has 0 aliphatic heterocycles. The molecule has 0 fully saturated rings. The molecule has 1 N–H and O–H groups in total. The lowest BCUT2D eigenvalue weighted by Crippen LogP contribution is -2.11. The summed E-state index contributed by atoms with van der Waals surface area (Å²) >= 11 is 0. The van der Waals surface area contributed by atoms with Crippen LogP contribution >= 0.6 is 0 Å². The van der Waals surface area contributed by atoms with E-state index in [2.05, 4.69) is 0 Å². The average molecular weight is 234 g/mol. The van der Waals surface area contributed by atoms with Crippen molar-refractivity contribution in [3.63, 3.8) is 0 Å². The van der Waals surface area contributed by atoms with Crippen molar-refractivity contribution < 1.29 is 14.6 Å². The van der Waals surface area contributed by atoms with Crippen molar-refractivity contribution in [1.29, 1.82) is 0 Å². The number of phenolic OH excluding ortho intramolecular Hbond substituents is 1. The van der Waals surface area contributed by atoms with Crippen LogP contribution < -0.4 is 0 Å². The monoisotopic (exact) mass is 234 g/mol. The molecule has 17 heavy (non-hydrogen) atoms. The topological polar surface area (TPSA) is 46.5 Å². The Kier molecular flexibility index (Phi) is 3.36. The Balaban J connectivity index is 2.49. The number of carbonyl (C=O) groups is 1. The van der Waals surface area contributed by atoms with Gasteiger partial charge in [-0.3, -0.25) is 0 Å². The molecule has 0 radical (unpaired) electrons. The summed E-state index contributed by atoms with van der Waals surface area (Å²) in [5, 5.41) is 10.2. The summed E-state index contributed by atoms with van der Waals surface area (Å²) in [4.78, 5) is 11.8. The van der Waals surface area contributed by atoms with E-state index >= 15 is 0 Å². The molecule has 1 aromatic carbocycles. The highest BCUT2D eigenvalue weighted by Crippen LogP contribution is 2.34. The quantitative estimate of drug-likeness (QED) is 0.800. The third kappa shape index (κ3) is 2.14. The smallest absolute Gasteiger partial charge is 0.342 e. The molecule has 0 atom stereocenters. The van der Waals surface area contributed by atoms with E-state index in [1.807, 2.05) is 13.0 Å². The van der Waals surface area contributed by atoms with E-state index in [-0.39, 0.29) is 5.75 Å². The van der Waals surface area contributed by atoms with Crippen molar-refractivity contribution in [3.05, 3.63) is 28.3 Å². The van der Waals surface area contributed by atoms with Gasteiger partial charge in [0.25, 0.3) is 0 Å². The van der Waals surface area contributed by atoms with Gasteiger partial charge in [0.05, 0.1) is 6.61 Å². The summed E-state index contributed by atoms with van der Waals surface area (Å²) < 4.78 is 4.98. The molecule has 0 bridgehead atoms. The maximum atomic E-state index is 11.8. The largest absolute Gasteiger partial charge is 0.507 e. The van der Waals surface area contributed by atoms with Crippen LogP contribution in [0.25, 0.3) is 0 Å². The van der Waals surface area contributed by atoms with Crippen LogP contribution in [-0.4, -0.2) is 17.7 Å². The molecule has 0 saturated carbocycles. The van der Waals surface area contributed by atoms with Gasteiger partial charge < -0.3 is 9.84 Å². The summed E-state index contributed by atoms with van der Waals surface area (Å²) in [6, 6.07) is 2.01. The molecule has 0 saturated heterocycles. The fourth-order valence-electron chi connectivity index (χ4n) is 2.49. The van der Waals surface area contributed by atoms with Crippen molar-refractivity contribution in [2.75, 3.05) is 6.61 Å². The molecule has 0 heterocycles. The predicted molar refractivity (Wildman–Crippen MR) is 65.4 cm³/mol.